The van der Waals surface area contributed by atoms with Crippen LogP contribution in [0.5, 0.6) is 11.5 Å². The van der Waals surface area contributed by atoms with Gasteiger partial charge in [-0.1, -0.05) is 36.4 Å². The van der Waals surface area contributed by atoms with E-state index in [4.69, 9.17) is 9.47 Å². The first-order valence-corrected chi connectivity index (χ1v) is 9.96. The molecule has 0 aliphatic carbocycles. The summed E-state index contributed by atoms with van der Waals surface area (Å²) in [4.78, 5) is 29.6. The van der Waals surface area contributed by atoms with Gasteiger partial charge in [0.2, 0.25) is 0 Å². The largest absolute Gasteiger partial charge is 0.497 e. The molecule has 6 nitrogen and oxygen atoms in total. The van der Waals surface area contributed by atoms with Crippen LogP contribution >= 0.6 is 0 Å². The number of fused-ring (bicyclic) bond motifs is 2. The summed E-state index contributed by atoms with van der Waals surface area (Å²) in [5, 5.41) is 1.70. The van der Waals surface area contributed by atoms with Gasteiger partial charge in [0.05, 0.1) is 12.7 Å². The van der Waals surface area contributed by atoms with E-state index in [0.717, 1.165) is 27.5 Å². The summed E-state index contributed by atoms with van der Waals surface area (Å²) in [5.41, 5.74) is 3.36. The Balaban J connectivity index is 1.39. The predicted molar refractivity (Wildman–Crippen MR) is 118 cm³/mol. The fourth-order valence-corrected chi connectivity index (χ4v) is 3.95. The average molecular weight is 412 g/mol. The number of H-pyrrole nitrogens is 1. The van der Waals surface area contributed by atoms with E-state index >= 15 is 0 Å². The molecule has 5 rings (SSSR count). The number of benzene rings is 3. The molecule has 1 aliphatic rings. The molecule has 1 amide bonds. The summed E-state index contributed by atoms with van der Waals surface area (Å²) < 4.78 is 10.9. The zero-order valence-electron chi connectivity index (χ0n) is 16.9. The van der Waals surface area contributed by atoms with Gasteiger partial charge in [-0.3, -0.25) is 9.69 Å². The molecule has 0 fully saturated rings. The van der Waals surface area contributed by atoms with Gasteiger partial charge in [-0.25, -0.2) is 4.79 Å². The number of methoxy groups -OCH3 is 1. The van der Waals surface area contributed by atoms with Gasteiger partial charge in [0, 0.05) is 24.7 Å². The van der Waals surface area contributed by atoms with Crippen molar-refractivity contribution in [1.29, 1.82) is 0 Å². The highest BCUT2D eigenvalue weighted by atomic mass is 16.6. The van der Waals surface area contributed by atoms with Gasteiger partial charge in [-0.2, -0.15) is 0 Å². The van der Waals surface area contributed by atoms with E-state index in [-0.39, 0.29) is 5.56 Å². The van der Waals surface area contributed by atoms with Crippen LogP contribution in [0.2, 0.25) is 0 Å². The normalized spacial score (nSPS) is 12.6. The minimum atomic E-state index is -0.392. The van der Waals surface area contributed by atoms with E-state index in [9.17, 15) is 9.59 Å². The maximum Gasteiger partial charge on any atom is 0.415 e. The van der Waals surface area contributed by atoms with Crippen LogP contribution < -0.4 is 15.0 Å². The molecule has 4 aromatic rings. The van der Waals surface area contributed by atoms with Crippen LogP contribution in [0.25, 0.3) is 21.9 Å². The molecule has 0 atom stereocenters. The van der Waals surface area contributed by atoms with Crippen LogP contribution in [0, 0.1) is 0 Å². The number of carbonyl (C=O) groups excluding carboxylic acids is 1. The van der Waals surface area contributed by atoms with Crippen LogP contribution in [0.1, 0.15) is 11.1 Å². The third kappa shape index (κ3) is 3.53. The maximum absolute atomic E-state index is 12.6. The molecule has 3 aromatic carbocycles. The van der Waals surface area contributed by atoms with Crippen LogP contribution in [-0.2, 0) is 13.1 Å². The summed E-state index contributed by atoms with van der Waals surface area (Å²) in [5.74, 6) is 1.11. The zero-order chi connectivity index (χ0) is 21.4. The number of amides is 1. The van der Waals surface area contributed by atoms with Crippen molar-refractivity contribution in [2.24, 2.45) is 0 Å². The first-order valence-electron chi connectivity index (χ1n) is 9.96. The van der Waals surface area contributed by atoms with Crippen LogP contribution in [0.15, 0.2) is 77.7 Å². The number of carbonyl (C=O) groups is 1. The zero-order valence-corrected chi connectivity index (χ0v) is 16.9. The summed E-state index contributed by atoms with van der Waals surface area (Å²) in [7, 11) is 1.59. The third-order valence-electron chi connectivity index (χ3n) is 5.56. The van der Waals surface area contributed by atoms with Gasteiger partial charge in [0.15, 0.2) is 0 Å². The highest BCUT2D eigenvalue weighted by Gasteiger charge is 2.24. The molecule has 1 aliphatic heterocycles. The predicted octanol–water partition coefficient (Wildman–Crippen LogP) is 4.72. The van der Waals surface area contributed by atoms with Crippen molar-refractivity contribution in [3.8, 4) is 22.6 Å². The van der Waals surface area contributed by atoms with Gasteiger partial charge in [-0.05, 0) is 52.4 Å². The Morgan fingerprint density at radius 1 is 0.935 bits per heavy atom. The van der Waals surface area contributed by atoms with Crippen molar-refractivity contribution < 1.29 is 14.3 Å². The number of hydrogen-bond donors (Lipinski definition) is 1. The monoisotopic (exact) mass is 412 g/mol. The molecular weight excluding hydrogens is 392 g/mol. The molecule has 1 N–H and O–H groups in total. The first kappa shape index (κ1) is 18.9. The average Bonchev–Trinajstić information content (AvgIpc) is 3.24. The Labute approximate surface area is 178 Å². The lowest BCUT2D eigenvalue weighted by Gasteiger charge is -2.15. The second kappa shape index (κ2) is 7.65. The molecule has 0 unspecified atom stereocenters. The Hall–Kier alpha value is -4.06. The van der Waals surface area contributed by atoms with Gasteiger partial charge in [0.25, 0.3) is 5.56 Å². The SMILES string of the molecule is COc1ccc2c[nH]c(=O)c(-c3ccc(OC(=O)N4Cc5ccccc5C4)cc3)c2c1. The van der Waals surface area contributed by atoms with E-state index in [2.05, 4.69) is 4.98 Å². The molecule has 0 saturated carbocycles. The van der Waals surface area contributed by atoms with Crippen molar-refractivity contribution in [3.05, 3.63) is 94.4 Å². The van der Waals surface area contributed by atoms with E-state index in [1.165, 1.54) is 0 Å². The van der Waals surface area contributed by atoms with Gasteiger partial charge < -0.3 is 14.5 Å². The quantitative estimate of drug-likeness (QED) is 0.529. The number of aromatic amines is 1. The molecule has 6 heteroatoms. The molecule has 0 saturated heterocycles. The molecule has 31 heavy (non-hydrogen) atoms. The van der Waals surface area contributed by atoms with Crippen LogP contribution in [0.4, 0.5) is 4.79 Å². The van der Waals surface area contributed by atoms with E-state index < -0.39 is 6.09 Å². The standard InChI is InChI=1S/C25H20N2O4/c1-30-21-11-8-17-13-26-24(28)23(22(17)12-21)16-6-9-20(10-7-16)31-25(29)27-14-18-4-2-3-5-19(18)15-27/h2-13H,14-15H2,1H3,(H,26,28). The fraction of sp³-hybridized carbons (Fsp3) is 0.120. The maximum atomic E-state index is 12.6. The minimum Gasteiger partial charge on any atom is -0.497 e. The molecule has 2 heterocycles. The highest BCUT2D eigenvalue weighted by Crippen LogP contribution is 2.30. The lowest BCUT2D eigenvalue weighted by molar-refractivity contribution is 0.152. The summed E-state index contributed by atoms with van der Waals surface area (Å²) in [6, 6.07) is 20.6. The van der Waals surface area contributed by atoms with Gasteiger partial charge in [0.1, 0.15) is 11.5 Å². The van der Waals surface area contributed by atoms with Gasteiger partial charge >= 0.3 is 6.09 Å². The number of pyridine rings is 1. The Bertz CT molecular complexity index is 1320. The molecule has 0 bridgehead atoms. The van der Waals surface area contributed by atoms with Crippen molar-refractivity contribution in [1.82, 2.24) is 9.88 Å². The fourth-order valence-electron chi connectivity index (χ4n) is 3.95. The molecule has 1 aromatic heterocycles. The second-order valence-electron chi connectivity index (χ2n) is 7.46. The Morgan fingerprint density at radius 2 is 1.61 bits per heavy atom. The Morgan fingerprint density at radius 3 is 2.29 bits per heavy atom. The number of rotatable bonds is 3. The van der Waals surface area contributed by atoms with Crippen LogP contribution in [-0.4, -0.2) is 23.1 Å². The van der Waals surface area contributed by atoms with Crippen molar-refractivity contribution in [3.63, 3.8) is 0 Å². The molecule has 0 radical (unpaired) electrons. The highest BCUT2D eigenvalue weighted by molar-refractivity contribution is 5.96. The molecular formula is C25H20N2O4. The number of ether oxygens (including phenoxy) is 2. The summed E-state index contributed by atoms with van der Waals surface area (Å²) in [6.45, 7) is 1.08. The van der Waals surface area contributed by atoms with E-state index in [1.807, 2.05) is 42.5 Å². The van der Waals surface area contributed by atoms with Crippen molar-refractivity contribution in [2.75, 3.05) is 7.11 Å². The number of hydrogen-bond acceptors (Lipinski definition) is 4. The van der Waals surface area contributed by atoms with E-state index in [0.29, 0.717) is 30.2 Å². The Kier molecular flexibility index (Phi) is 4.67. The summed E-state index contributed by atoms with van der Waals surface area (Å²) in [6.07, 6.45) is 1.29. The van der Waals surface area contributed by atoms with E-state index in [1.54, 1.807) is 42.5 Å². The topological polar surface area (TPSA) is 71.6 Å². The lowest BCUT2D eigenvalue weighted by Crippen LogP contribution is -2.28. The van der Waals surface area contributed by atoms with Gasteiger partial charge in [-0.15, -0.1) is 0 Å². The summed E-state index contributed by atoms with van der Waals surface area (Å²) >= 11 is 0. The smallest absolute Gasteiger partial charge is 0.415 e. The van der Waals surface area contributed by atoms with Crippen LogP contribution in [0.3, 0.4) is 0 Å². The number of aromatic nitrogens is 1. The van der Waals surface area contributed by atoms with Crippen molar-refractivity contribution >= 4 is 16.9 Å². The minimum absolute atomic E-state index is 0.194. The first-order chi connectivity index (χ1) is 15.1. The number of nitrogens with zero attached hydrogens (tertiary/aromatic N) is 1. The molecule has 154 valence electrons. The van der Waals surface area contributed by atoms with Crippen molar-refractivity contribution in [2.45, 2.75) is 13.1 Å². The second-order valence-corrected chi connectivity index (χ2v) is 7.46. The molecule has 0 spiro atoms. The number of nitrogens with one attached hydrogen (secondary N) is 1. The lowest BCUT2D eigenvalue weighted by atomic mass is 10.0. The third-order valence-corrected chi connectivity index (χ3v) is 5.56.